The second-order valence-corrected chi connectivity index (χ2v) is 5.00. The Bertz CT molecular complexity index is 754. The van der Waals surface area contributed by atoms with E-state index in [2.05, 4.69) is 10.1 Å². The fourth-order valence-corrected chi connectivity index (χ4v) is 2.24. The van der Waals surface area contributed by atoms with E-state index < -0.39 is 5.92 Å². The predicted octanol–water partition coefficient (Wildman–Crippen LogP) is 3.13. The molecule has 2 aromatic rings. The number of hydrogen-bond donors (Lipinski definition) is 1. The number of hydrogen-bond acceptors (Lipinski definition) is 4. The molecule has 0 unspecified atom stereocenters. The van der Waals surface area contributed by atoms with Gasteiger partial charge >= 0.3 is 0 Å². The van der Waals surface area contributed by atoms with Gasteiger partial charge in [0.05, 0.1) is 17.1 Å². The molecule has 1 aliphatic rings. The molecule has 0 spiro atoms. The number of carbonyl (C=O) groups is 1. The first-order chi connectivity index (χ1) is 10.6. The summed E-state index contributed by atoms with van der Waals surface area (Å²) in [4.78, 5) is 16.7. The van der Waals surface area contributed by atoms with E-state index >= 15 is 0 Å². The van der Waals surface area contributed by atoms with Crippen LogP contribution in [0.25, 0.3) is 0 Å². The van der Waals surface area contributed by atoms with E-state index in [0.29, 0.717) is 11.4 Å². The lowest BCUT2D eigenvalue weighted by atomic mass is 10.1. The van der Waals surface area contributed by atoms with Gasteiger partial charge in [0.15, 0.2) is 0 Å². The highest BCUT2D eigenvalue weighted by molar-refractivity contribution is 6.23. The molecule has 0 aliphatic carbocycles. The average Bonchev–Trinajstić information content (AvgIpc) is 2.81. The summed E-state index contributed by atoms with van der Waals surface area (Å²) in [6, 6.07) is 15.9. The highest BCUT2D eigenvalue weighted by Gasteiger charge is 2.33. The van der Waals surface area contributed by atoms with Crippen molar-refractivity contribution in [1.82, 2.24) is 0 Å². The van der Waals surface area contributed by atoms with Crippen LogP contribution in [0.1, 0.15) is 6.92 Å². The SMILES string of the molecule is CC1=NN(c2ccccc2)C(=O)[C@H]1C=Nc1cccc(O)c1. The predicted molar refractivity (Wildman–Crippen MR) is 86.8 cm³/mol. The Hall–Kier alpha value is -2.95. The summed E-state index contributed by atoms with van der Waals surface area (Å²) in [6.07, 6.45) is 1.57. The normalized spacial score (nSPS) is 18.0. The van der Waals surface area contributed by atoms with Gasteiger partial charge < -0.3 is 5.11 Å². The fourth-order valence-electron chi connectivity index (χ4n) is 2.24. The first-order valence-electron chi connectivity index (χ1n) is 6.92. The molecule has 110 valence electrons. The Morgan fingerprint density at radius 3 is 2.68 bits per heavy atom. The van der Waals surface area contributed by atoms with Crippen molar-refractivity contribution in [2.75, 3.05) is 5.01 Å². The van der Waals surface area contributed by atoms with Crippen molar-refractivity contribution in [2.24, 2.45) is 16.0 Å². The quantitative estimate of drug-likeness (QED) is 0.883. The third-order valence-electron chi connectivity index (χ3n) is 3.39. The molecule has 1 atom stereocenters. The van der Waals surface area contributed by atoms with Crippen LogP contribution >= 0.6 is 0 Å². The van der Waals surface area contributed by atoms with E-state index in [9.17, 15) is 9.90 Å². The minimum absolute atomic E-state index is 0.132. The van der Waals surface area contributed by atoms with Crippen LogP contribution in [0.4, 0.5) is 11.4 Å². The maximum absolute atomic E-state index is 12.5. The molecule has 5 heteroatoms. The Morgan fingerprint density at radius 2 is 1.95 bits per heavy atom. The number of aromatic hydroxyl groups is 1. The maximum Gasteiger partial charge on any atom is 0.261 e. The molecule has 5 nitrogen and oxygen atoms in total. The molecule has 0 saturated carbocycles. The zero-order chi connectivity index (χ0) is 15.5. The monoisotopic (exact) mass is 293 g/mol. The minimum Gasteiger partial charge on any atom is -0.508 e. The molecule has 1 amide bonds. The van der Waals surface area contributed by atoms with Gasteiger partial charge in [-0.05, 0) is 31.2 Å². The Balaban J connectivity index is 1.82. The highest BCUT2D eigenvalue weighted by atomic mass is 16.3. The average molecular weight is 293 g/mol. The largest absolute Gasteiger partial charge is 0.508 e. The number of amides is 1. The maximum atomic E-state index is 12.5. The van der Waals surface area contributed by atoms with E-state index in [0.717, 1.165) is 5.69 Å². The topological polar surface area (TPSA) is 65.3 Å². The fraction of sp³-hybridized carbons (Fsp3) is 0.118. The molecule has 0 fully saturated rings. The number of carbonyl (C=O) groups excluding carboxylic acids is 1. The van der Waals surface area contributed by atoms with Crippen LogP contribution in [-0.4, -0.2) is 22.9 Å². The van der Waals surface area contributed by atoms with Crippen LogP contribution in [0, 0.1) is 5.92 Å². The van der Waals surface area contributed by atoms with Gasteiger partial charge in [-0.2, -0.15) is 10.1 Å². The van der Waals surface area contributed by atoms with Crippen molar-refractivity contribution < 1.29 is 9.90 Å². The van der Waals surface area contributed by atoms with Gasteiger partial charge in [-0.25, -0.2) is 0 Å². The zero-order valence-corrected chi connectivity index (χ0v) is 12.0. The van der Waals surface area contributed by atoms with E-state index in [1.54, 1.807) is 31.3 Å². The Labute approximate surface area is 128 Å². The van der Waals surface area contributed by atoms with Crippen LogP contribution in [0.5, 0.6) is 5.75 Å². The third kappa shape index (κ3) is 2.74. The molecule has 0 saturated heterocycles. The van der Waals surface area contributed by atoms with Crippen LogP contribution in [-0.2, 0) is 4.79 Å². The molecule has 0 bridgehead atoms. The van der Waals surface area contributed by atoms with Gasteiger partial charge in [0.25, 0.3) is 5.91 Å². The van der Waals surface area contributed by atoms with Crippen molar-refractivity contribution in [3.8, 4) is 5.75 Å². The molecule has 22 heavy (non-hydrogen) atoms. The number of hydrazone groups is 1. The first-order valence-corrected chi connectivity index (χ1v) is 6.92. The molecular formula is C17H15N3O2. The van der Waals surface area contributed by atoms with E-state index in [1.807, 2.05) is 30.3 Å². The molecule has 1 aliphatic heterocycles. The number of anilines is 1. The summed E-state index contributed by atoms with van der Waals surface area (Å²) >= 11 is 0. The lowest BCUT2D eigenvalue weighted by Crippen LogP contribution is -2.27. The van der Waals surface area contributed by atoms with Crippen molar-refractivity contribution in [3.63, 3.8) is 0 Å². The smallest absolute Gasteiger partial charge is 0.261 e. The number of para-hydroxylation sites is 1. The summed E-state index contributed by atoms with van der Waals surface area (Å²) in [5.41, 5.74) is 2.02. The van der Waals surface area contributed by atoms with Gasteiger partial charge in [0.1, 0.15) is 11.7 Å². The van der Waals surface area contributed by atoms with Crippen molar-refractivity contribution in [2.45, 2.75) is 6.92 Å². The number of aliphatic imine (C=N–C) groups is 1. The third-order valence-corrected chi connectivity index (χ3v) is 3.39. The number of phenols is 1. The van der Waals surface area contributed by atoms with Crippen LogP contribution < -0.4 is 5.01 Å². The van der Waals surface area contributed by atoms with Crippen LogP contribution in [0.15, 0.2) is 64.7 Å². The second kappa shape index (κ2) is 5.81. The lowest BCUT2D eigenvalue weighted by Gasteiger charge is -2.12. The summed E-state index contributed by atoms with van der Waals surface area (Å²) < 4.78 is 0. The van der Waals surface area contributed by atoms with E-state index in [1.165, 1.54) is 11.1 Å². The van der Waals surface area contributed by atoms with Gasteiger partial charge in [-0.3, -0.25) is 9.79 Å². The molecule has 1 heterocycles. The lowest BCUT2D eigenvalue weighted by molar-refractivity contribution is -0.118. The standard InChI is InChI=1S/C17H15N3O2/c1-12-16(11-18-13-6-5-9-15(21)10-13)17(22)20(19-12)14-7-3-2-4-8-14/h2-11,16,21H,1H3/t16-/m0/s1. The summed E-state index contributed by atoms with van der Waals surface area (Å²) in [5, 5.41) is 15.1. The molecule has 2 aromatic carbocycles. The number of phenolic OH excluding ortho intramolecular Hbond substituents is 1. The Morgan fingerprint density at radius 1 is 1.18 bits per heavy atom. The second-order valence-electron chi connectivity index (χ2n) is 5.00. The molecule has 0 aromatic heterocycles. The van der Waals surface area contributed by atoms with Gasteiger partial charge in [0.2, 0.25) is 0 Å². The van der Waals surface area contributed by atoms with Crippen LogP contribution in [0.2, 0.25) is 0 Å². The Kier molecular flexibility index (Phi) is 3.70. The molecule has 0 radical (unpaired) electrons. The minimum atomic E-state index is -0.484. The number of nitrogens with zero attached hydrogens (tertiary/aromatic N) is 3. The van der Waals surface area contributed by atoms with E-state index in [-0.39, 0.29) is 11.7 Å². The molecular weight excluding hydrogens is 278 g/mol. The van der Waals surface area contributed by atoms with Gasteiger partial charge in [-0.15, -0.1) is 0 Å². The number of benzene rings is 2. The van der Waals surface area contributed by atoms with Gasteiger partial charge in [0, 0.05) is 12.3 Å². The van der Waals surface area contributed by atoms with E-state index in [4.69, 9.17) is 0 Å². The molecule has 1 N–H and O–H groups in total. The summed E-state index contributed by atoms with van der Waals surface area (Å²) in [6.45, 7) is 1.81. The zero-order valence-electron chi connectivity index (χ0n) is 12.0. The van der Waals surface area contributed by atoms with Crippen molar-refractivity contribution >= 4 is 29.2 Å². The molecule has 3 rings (SSSR count). The summed E-state index contributed by atoms with van der Waals surface area (Å²) in [7, 11) is 0. The van der Waals surface area contributed by atoms with Gasteiger partial charge in [-0.1, -0.05) is 24.3 Å². The van der Waals surface area contributed by atoms with Crippen LogP contribution in [0.3, 0.4) is 0 Å². The van der Waals surface area contributed by atoms with Crippen molar-refractivity contribution in [1.29, 1.82) is 0 Å². The summed E-state index contributed by atoms with van der Waals surface area (Å²) in [5.74, 6) is -0.473. The van der Waals surface area contributed by atoms with Crippen molar-refractivity contribution in [3.05, 3.63) is 54.6 Å². The first kappa shape index (κ1) is 14.0. The highest BCUT2D eigenvalue weighted by Crippen LogP contribution is 2.24. The number of rotatable bonds is 3.